The minimum atomic E-state index is 0.0323. The van der Waals surface area contributed by atoms with E-state index in [-0.39, 0.29) is 23.8 Å². The summed E-state index contributed by atoms with van der Waals surface area (Å²) in [4.78, 5) is 26.5. The van der Waals surface area contributed by atoms with Gasteiger partial charge in [-0.3, -0.25) is 9.59 Å². The number of nitrogens with zero attached hydrogens (tertiary/aromatic N) is 1. The van der Waals surface area contributed by atoms with Crippen molar-refractivity contribution in [1.29, 1.82) is 0 Å². The Balaban J connectivity index is 1.70. The summed E-state index contributed by atoms with van der Waals surface area (Å²) in [7, 11) is 0. The van der Waals surface area contributed by atoms with Gasteiger partial charge in [-0.2, -0.15) is 0 Å². The van der Waals surface area contributed by atoms with Crippen molar-refractivity contribution in [3.63, 3.8) is 0 Å². The van der Waals surface area contributed by atoms with Crippen LogP contribution in [0.3, 0.4) is 0 Å². The first-order valence-corrected chi connectivity index (χ1v) is 7.99. The number of amides is 2. The molecule has 0 radical (unpaired) electrons. The van der Waals surface area contributed by atoms with E-state index in [1.807, 2.05) is 30.0 Å². The number of carbonyl (C=O) groups excluding carboxylic acids is 2. The molecule has 118 valence electrons. The maximum Gasteiger partial charge on any atom is 0.254 e. The minimum Gasteiger partial charge on any atom is -0.333 e. The lowest BCUT2D eigenvalue weighted by molar-refractivity contribution is -0.117. The Kier molecular flexibility index (Phi) is 4.16. The first-order chi connectivity index (χ1) is 10.6. The molecule has 22 heavy (non-hydrogen) atoms. The molecule has 5 heteroatoms. The standard InChI is InChI=1S/C17H23N3O2/c1-11-8-15(11)16(21)19-14-5-3-4-13(9-14)17(22)20-7-6-18-10-12(20)2/h3-5,9,11-12,15,18H,6-8,10H2,1-2H3,(H,19,21)/t11?,12-,15?/m1/s1. The van der Waals surface area contributed by atoms with Crippen LogP contribution in [0, 0.1) is 11.8 Å². The summed E-state index contributed by atoms with van der Waals surface area (Å²) >= 11 is 0. The second-order valence-corrected chi connectivity index (χ2v) is 6.44. The topological polar surface area (TPSA) is 61.4 Å². The van der Waals surface area contributed by atoms with Crippen LogP contribution in [0.15, 0.2) is 24.3 Å². The van der Waals surface area contributed by atoms with Crippen molar-refractivity contribution in [2.24, 2.45) is 11.8 Å². The molecule has 2 unspecified atom stereocenters. The lowest BCUT2D eigenvalue weighted by Gasteiger charge is -2.34. The minimum absolute atomic E-state index is 0.0323. The molecule has 1 aliphatic heterocycles. The molecule has 0 bridgehead atoms. The summed E-state index contributed by atoms with van der Waals surface area (Å²) < 4.78 is 0. The number of anilines is 1. The third-order valence-electron chi connectivity index (χ3n) is 4.59. The Morgan fingerprint density at radius 1 is 1.32 bits per heavy atom. The third-order valence-corrected chi connectivity index (χ3v) is 4.59. The highest BCUT2D eigenvalue weighted by atomic mass is 16.2. The van der Waals surface area contributed by atoms with Gasteiger partial charge in [-0.05, 0) is 37.5 Å². The van der Waals surface area contributed by atoms with E-state index in [0.717, 1.165) is 26.1 Å². The molecule has 0 aromatic heterocycles. The van der Waals surface area contributed by atoms with Crippen molar-refractivity contribution in [1.82, 2.24) is 10.2 Å². The normalized spacial score (nSPS) is 27.4. The summed E-state index contributed by atoms with van der Waals surface area (Å²) in [6, 6.07) is 7.44. The fraction of sp³-hybridized carbons (Fsp3) is 0.529. The van der Waals surface area contributed by atoms with Crippen LogP contribution in [-0.4, -0.2) is 42.4 Å². The van der Waals surface area contributed by atoms with Gasteiger partial charge in [0.2, 0.25) is 5.91 Å². The van der Waals surface area contributed by atoms with Gasteiger partial charge in [0.1, 0.15) is 0 Å². The molecule has 2 amide bonds. The average molecular weight is 301 g/mol. The van der Waals surface area contributed by atoms with Crippen LogP contribution in [0.4, 0.5) is 5.69 Å². The number of benzene rings is 1. The molecule has 2 N–H and O–H groups in total. The van der Waals surface area contributed by atoms with Crippen molar-refractivity contribution >= 4 is 17.5 Å². The van der Waals surface area contributed by atoms with Gasteiger partial charge >= 0.3 is 0 Å². The predicted molar refractivity (Wildman–Crippen MR) is 85.7 cm³/mol. The summed E-state index contributed by atoms with van der Waals surface area (Å²) in [5.74, 6) is 0.705. The molecule has 3 rings (SSSR count). The van der Waals surface area contributed by atoms with Crippen molar-refractivity contribution in [2.75, 3.05) is 25.0 Å². The molecule has 1 saturated carbocycles. The first kappa shape index (κ1) is 15.0. The van der Waals surface area contributed by atoms with E-state index < -0.39 is 0 Å². The molecule has 5 nitrogen and oxygen atoms in total. The monoisotopic (exact) mass is 301 g/mol. The third kappa shape index (κ3) is 3.14. The number of hydrogen-bond donors (Lipinski definition) is 2. The number of nitrogens with one attached hydrogen (secondary N) is 2. The van der Waals surface area contributed by atoms with E-state index in [4.69, 9.17) is 0 Å². The van der Waals surface area contributed by atoms with Crippen LogP contribution in [0.2, 0.25) is 0 Å². The van der Waals surface area contributed by atoms with Gasteiger partial charge < -0.3 is 15.5 Å². The Hall–Kier alpha value is -1.88. The highest BCUT2D eigenvalue weighted by Crippen LogP contribution is 2.38. The van der Waals surface area contributed by atoms with E-state index in [9.17, 15) is 9.59 Å². The fourth-order valence-corrected chi connectivity index (χ4v) is 2.96. The predicted octanol–water partition coefficient (Wildman–Crippen LogP) is 1.71. The molecule has 1 aromatic rings. The van der Waals surface area contributed by atoms with Crippen molar-refractivity contribution in [3.8, 4) is 0 Å². The fourth-order valence-electron chi connectivity index (χ4n) is 2.96. The molecule has 3 atom stereocenters. The molecule has 1 heterocycles. The van der Waals surface area contributed by atoms with E-state index in [2.05, 4.69) is 17.6 Å². The van der Waals surface area contributed by atoms with E-state index in [1.54, 1.807) is 6.07 Å². The number of carbonyl (C=O) groups is 2. The van der Waals surface area contributed by atoms with Gasteiger partial charge in [0.05, 0.1) is 0 Å². The molecule has 1 aliphatic carbocycles. The molecule has 0 spiro atoms. The zero-order valence-electron chi connectivity index (χ0n) is 13.1. The second-order valence-electron chi connectivity index (χ2n) is 6.44. The first-order valence-electron chi connectivity index (χ1n) is 7.99. The molecular weight excluding hydrogens is 278 g/mol. The summed E-state index contributed by atoms with van der Waals surface area (Å²) in [5, 5.41) is 6.20. The maximum atomic E-state index is 12.6. The highest BCUT2D eigenvalue weighted by Gasteiger charge is 2.39. The number of rotatable bonds is 3. The zero-order valence-corrected chi connectivity index (χ0v) is 13.1. The molecule has 1 aromatic carbocycles. The summed E-state index contributed by atoms with van der Waals surface area (Å²) in [6.07, 6.45) is 0.961. The SMILES string of the molecule is CC1CC1C(=O)Nc1cccc(C(=O)N2CCNC[C@H]2C)c1. The second kappa shape index (κ2) is 6.08. The van der Waals surface area contributed by atoms with Gasteiger partial charge in [0.25, 0.3) is 5.91 Å². The van der Waals surface area contributed by atoms with Crippen LogP contribution in [0.5, 0.6) is 0 Å². The largest absolute Gasteiger partial charge is 0.333 e. The van der Waals surface area contributed by atoms with Crippen molar-refractivity contribution < 1.29 is 9.59 Å². The maximum absolute atomic E-state index is 12.6. The highest BCUT2D eigenvalue weighted by molar-refractivity contribution is 5.98. The lowest BCUT2D eigenvalue weighted by atomic mass is 10.1. The summed E-state index contributed by atoms with van der Waals surface area (Å²) in [5.41, 5.74) is 1.34. The zero-order chi connectivity index (χ0) is 15.7. The van der Waals surface area contributed by atoms with E-state index in [0.29, 0.717) is 17.2 Å². The van der Waals surface area contributed by atoms with Crippen LogP contribution < -0.4 is 10.6 Å². The van der Waals surface area contributed by atoms with E-state index >= 15 is 0 Å². The Bertz CT molecular complexity index is 587. The van der Waals surface area contributed by atoms with Crippen LogP contribution in [0.1, 0.15) is 30.6 Å². The van der Waals surface area contributed by atoms with Gasteiger partial charge in [0, 0.05) is 42.8 Å². The number of hydrogen-bond acceptors (Lipinski definition) is 3. The smallest absolute Gasteiger partial charge is 0.254 e. The Morgan fingerprint density at radius 3 is 2.77 bits per heavy atom. The van der Waals surface area contributed by atoms with Crippen LogP contribution in [-0.2, 0) is 4.79 Å². The quantitative estimate of drug-likeness (QED) is 0.893. The van der Waals surface area contributed by atoms with E-state index in [1.165, 1.54) is 0 Å². The van der Waals surface area contributed by atoms with Crippen LogP contribution >= 0.6 is 0 Å². The molecule has 2 aliphatic rings. The van der Waals surface area contributed by atoms with Crippen molar-refractivity contribution in [2.45, 2.75) is 26.3 Å². The van der Waals surface area contributed by atoms with Gasteiger partial charge in [-0.1, -0.05) is 13.0 Å². The lowest BCUT2D eigenvalue weighted by Crippen LogP contribution is -2.52. The number of piperazine rings is 1. The molecule has 2 fully saturated rings. The molecular formula is C17H23N3O2. The van der Waals surface area contributed by atoms with Gasteiger partial charge in [-0.25, -0.2) is 0 Å². The van der Waals surface area contributed by atoms with Crippen LogP contribution in [0.25, 0.3) is 0 Å². The van der Waals surface area contributed by atoms with Gasteiger partial charge in [0.15, 0.2) is 0 Å². The molecule has 1 saturated heterocycles. The summed E-state index contributed by atoms with van der Waals surface area (Å²) in [6.45, 7) is 6.49. The Labute approximate surface area is 131 Å². The van der Waals surface area contributed by atoms with Gasteiger partial charge in [-0.15, -0.1) is 0 Å². The van der Waals surface area contributed by atoms with Crippen molar-refractivity contribution in [3.05, 3.63) is 29.8 Å². The Morgan fingerprint density at radius 2 is 2.09 bits per heavy atom. The average Bonchev–Trinajstić information content (AvgIpc) is 3.24.